The number of aliphatic carboxylic acids is 1. The number of carboxylic acid groups (broad SMARTS) is 1. The summed E-state index contributed by atoms with van der Waals surface area (Å²) in [5.41, 5.74) is 10.5. The van der Waals surface area contributed by atoms with Gasteiger partial charge in [-0.3, -0.25) is 24.0 Å². The smallest absolute Gasteiger partial charge is 0.325 e. The fraction of sp³-hybridized carbons (Fsp3) is 0.643. The van der Waals surface area contributed by atoms with Gasteiger partial charge < -0.3 is 37.6 Å². The molecule has 0 spiro atoms. The molecule has 0 aliphatic carbocycles. The Balaban J connectivity index is 4.55. The van der Waals surface area contributed by atoms with Crippen molar-refractivity contribution < 1.29 is 34.2 Å². The Morgan fingerprint density at radius 1 is 1.04 bits per heavy atom. The normalized spacial score (nSPS) is 15.1. The van der Waals surface area contributed by atoms with E-state index >= 15 is 0 Å². The maximum Gasteiger partial charge on any atom is 0.325 e. The monoisotopic (exact) mass is 375 g/mol. The van der Waals surface area contributed by atoms with E-state index in [1.54, 1.807) is 0 Å². The van der Waals surface area contributed by atoms with Crippen LogP contribution in [0, 0.1) is 0 Å². The first-order valence-corrected chi connectivity index (χ1v) is 7.77. The maximum absolute atomic E-state index is 11.9. The minimum Gasteiger partial charge on any atom is -0.480 e. The van der Waals surface area contributed by atoms with Crippen molar-refractivity contribution in [1.29, 1.82) is 0 Å². The molecule has 0 aromatic carbocycles. The van der Waals surface area contributed by atoms with Gasteiger partial charge in [0.05, 0.1) is 18.7 Å². The molecule has 0 saturated carbocycles. The summed E-state index contributed by atoms with van der Waals surface area (Å²) in [6.07, 6.45) is -1.39. The molecule has 0 bridgehead atoms. The molecule has 4 atom stereocenters. The van der Waals surface area contributed by atoms with Crippen LogP contribution >= 0.6 is 0 Å². The fourth-order valence-electron chi connectivity index (χ4n) is 1.72. The topological polar surface area (TPSA) is 214 Å². The van der Waals surface area contributed by atoms with Gasteiger partial charge in [0.15, 0.2) is 0 Å². The fourth-order valence-corrected chi connectivity index (χ4v) is 1.72. The van der Waals surface area contributed by atoms with E-state index in [1.807, 2.05) is 0 Å². The molecule has 0 aromatic heterocycles. The molecule has 0 aliphatic rings. The predicted octanol–water partition coefficient (Wildman–Crippen LogP) is -3.85. The summed E-state index contributed by atoms with van der Waals surface area (Å²) in [6.45, 7) is 1.91. The van der Waals surface area contributed by atoms with E-state index in [0.717, 1.165) is 0 Å². The van der Waals surface area contributed by atoms with Crippen LogP contribution in [0.1, 0.15) is 26.7 Å². The third-order valence-corrected chi connectivity index (χ3v) is 3.27. The van der Waals surface area contributed by atoms with Gasteiger partial charge in [0.25, 0.3) is 0 Å². The number of nitrogens with one attached hydrogen (secondary N) is 3. The highest BCUT2D eigenvalue weighted by atomic mass is 16.4. The molecule has 0 radical (unpaired) electrons. The molecule has 0 fully saturated rings. The number of hydrogen-bond acceptors (Lipinski definition) is 7. The molecule has 12 heteroatoms. The van der Waals surface area contributed by atoms with Gasteiger partial charge in [0.1, 0.15) is 12.1 Å². The van der Waals surface area contributed by atoms with Gasteiger partial charge in [-0.1, -0.05) is 0 Å². The van der Waals surface area contributed by atoms with Crippen molar-refractivity contribution in [2.24, 2.45) is 11.5 Å². The van der Waals surface area contributed by atoms with Crippen molar-refractivity contribution in [2.75, 3.05) is 6.54 Å². The minimum atomic E-state index is -1.41. The summed E-state index contributed by atoms with van der Waals surface area (Å²) in [7, 11) is 0. The summed E-state index contributed by atoms with van der Waals surface area (Å²) in [6, 6.07) is -3.67. The van der Waals surface area contributed by atoms with Gasteiger partial charge in [-0.2, -0.15) is 0 Å². The summed E-state index contributed by atoms with van der Waals surface area (Å²) in [5.74, 6) is -4.30. The molecule has 148 valence electrons. The number of carboxylic acids is 1. The molecule has 0 aliphatic heterocycles. The lowest BCUT2D eigenvalue weighted by atomic mass is 10.1. The lowest BCUT2D eigenvalue weighted by Gasteiger charge is -2.22. The Hall–Kier alpha value is -2.73. The van der Waals surface area contributed by atoms with Crippen LogP contribution in [0.15, 0.2) is 0 Å². The number of hydrogen-bond donors (Lipinski definition) is 7. The van der Waals surface area contributed by atoms with Crippen molar-refractivity contribution in [3.63, 3.8) is 0 Å². The van der Waals surface area contributed by atoms with Crippen molar-refractivity contribution in [3.05, 3.63) is 0 Å². The second-order valence-electron chi connectivity index (χ2n) is 5.68. The second kappa shape index (κ2) is 11.0. The molecule has 0 aromatic rings. The van der Waals surface area contributed by atoms with Crippen LogP contribution in [-0.2, 0) is 24.0 Å². The Bertz CT molecular complexity index is 552. The van der Waals surface area contributed by atoms with Crippen LogP contribution in [0.5, 0.6) is 0 Å². The van der Waals surface area contributed by atoms with E-state index in [2.05, 4.69) is 16.0 Å². The zero-order valence-corrected chi connectivity index (χ0v) is 14.5. The van der Waals surface area contributed by atoms with E-state index in [1.165, 1.54) is 13.8 Å². The second-order valence-corrected chi connectivity index (χ2v) is 5.68. The number of nitrogens with two attached hydrogens (primary N) is 2. The average molecular weight is 375 g/mol. The van der Waals surface area contributed by atoms with Crippen LogP contribution in [0.3, 0.4) is 0 Å². The van der Waals surface area contributed by atoms with Crippen molar-refractivity contribution >= 4 is 29.6 Å². The third kappa shape index (κ3) is 8.94. The van der Waals surface area contributed by atoms with Gasteiger partial charge in [-0.05, 0) is 20.3 Å². The minimum absolute atomic E-state index is 0.00850. The Kier molecular flexibility index (Phi) is 9.84. The number of amides is 4. The number of aliphatic hydroxyl groups excluding tert-OH is 1. The van der Waals surface area contributed by atoms with Crippen LogP contribution in [0.4, 0.5) is 0 Å². The van der Waals surface area contributed by atoms with E-state index in [-0.39, 0.29) is 12.8 Å². The lowest BCUT2D eigenvalue weighted by molar-refractivity contribution is -0.142. The number of carbonyl (C=O) groups excluding carboxylic acids is 4. The maximum atomic E-state index is 11.9. The van der Waals surface area contributed by atoms with Gasteiger partial charge >= 0.3 is 5.97 Å². The Labute approximate surface area is 149 Å². The first-order chi connectivity index (χ1) is 12.0. The Morgan fingerprint density at radius 2 is 1.62 bits per heavy atom. The molecule has 0 saturated heterocycles. The molecule has 9 N–H and O–H groups in total. The number of aliphatic hydroxyl groups is 1. The molecule has 4 unspecified atom stereocenters. The highest BCUT2D eigenvalue weighted by Crippen LogP contribution is 1.96. The summed E-state index contributed by atoms with van der Waals surface area (Å²) in [4.78, 5) is 56.8. The van der Waals surface area contributed by atoms with Crippen molar-refractivity contribution in [3.8, 4) is 0 Å². The predicted molar refractivity (Wildman–Crippen MR) is 88.3 cm³/mol. The molecule has 0 heterocycles. The van der Waals surface area contributed by atoms with E-state index in [9.17, 15) is 29.1 Å². The Morgan fingerprint density at radius 3 is 2.08 bits per heavy atom. The van der Waals surface area contributed by atoms with Crippen molar-refractivity contribution in [2.45, 2.75) is 50.9 Å². The largest absolute Gasteiger partial charge is 0.480 e. The molecule has 12 nitrogen and oxygen atoms in total. The van der Waals surface area contributed by atoms with Crippen LogP contribution < -0.4 is 27.4 Å². The number of primary amides is 1. The average Bonchev–Trinajstić information content (AvgIpc) is 2.54. The van der Waals surface area contributed by atoms with Gasteiger partial charge in [0, 0.05) is 6.42 Å². The highest BCUT2D eigenvalue weighted by Gasteiger charge is 2.28. The molecular formula is C14H25N5O7. The van der Waals surface area contributed by atoms with Gasteiger partial charge in [-0.15, -0.1) is 0 Å². The summed E-state index contributed by atoms with van der Waals surface area (Å²) in [5, 5.41) is 24.9. The number of carbonyl (C=O) groups is 5. The molecule has 26 heavy (non-hydrogen) atoms. The molecule has 0 rings (SSSR count). The molecular weight excluding hydrogens is 350 g/mol. The quantitative estimate of drug-likeness (QED) is 0.189. The zero-order chi connectivity index (χ0) is 20.4. The number of rotatable bonds is 11. The summed E-state index contributed by atoms with van der Waals surface area (Å²) < 4.78 is 0. The first-order valence-electron chi connectivity index (χ1n) is 7.77. The van der Waals surface area contributed by atoms with Gasteiger partial charge in [0.2, 0.25) is 23.6 Å². The SMILES string of the molecule is CC(NC(=O)C(NC(=O)CNC(=O)C(N)CCC(N)=O)C(C)O)C(=O)O. The van der Waals surface area contributed by atoms with Gasteiger partial charge in [-0.25, -0.2) is 0 Å². The van der Waals surface area contributed by atoms with Crippen LogP contribution in [0.25, 0.3) is 0 Å². The summed E-state index contributed by atoms with van der Waals surface area (Å²) >= 11 is 0. The standard InChI is InChI=1S/C14H25N5O7/c1-6(14(25)26)18-13(24)11(7(2)20)19-10(22)5-17-12(23)8(15)3-4-9(16)21/h6-8,11,20H,3-5,15H2,1-2H3,(H2,16,21)(H,17,23)(H,18,24)(H,19,22)(H,25,26). The molecule has 4 amide bonds. The lowest BCUT2D eigenvalue weighted by Crippen LogP contribution is -2.56. The van der Waals surface area contributed by atoms with E-state index in [0.29, 0.717) is 0 Å². The van der Waals surface area contributed by atoms with E-state index in [4.69, 9.17) is 16.6 Å². The van der Waals surface area contributed by atoms with Crippen molar-refractivity contribution in [1.82, 2.24) is 16.0 Å². The van der Waals surface area contributed by atoms with Crippen LogP contribution in [-0.4, -0.2) is 70.6 Å². The highest BCUT2D eigenvalue weighted by molar-refractivity contribution is 5.92. The van der Waals surface area contributed by atoms with E-state index < -0.39 is 60.4 Å². The van der Waals surface area contributed by atoms with Crippen LogP contribution in [0.2, 0.25) is 0 Å². The zero-order valence-electron chi connectivity index (χ0n) is 14.5. The third-order valence-electron chi connectivity index (χ3n) is 3.27. The first kappa shape index (κ1) is 23.3.